The van der Waals surface area contributed by atoms with E-state index >= 15 is 0 Å². The monoisotopic (exact) mass is 504 g/mol. The van der Waals surface area contributed by atoms with E-state index in [0.717, 1.165) is 19.8 Å². The van der Waals surface area contributed by atoms with Crippen LogP contribution in [-0.2, 0) is 37.0 Å². The summed E-state index contributed by atoms with van der Waals surface area (Å²) in [7, 11) is 3.88. The number of esters is 3. The van der Waals surface area contributed by atoms with Crippen LogP contribution >= 0.6 is 11.8 Å². The van der Waals surface area contributed by atoms with Gasteiger partial charge < -0.3 is 23.8 Å². The Balaban J connectivity index is 1.59. The Labute approximate surface area is 204 Å². The van der Waals surface area contributed by atoms with E-state index in [0.29, 0.717) is 5.75 Å². The third-order valence-electron chi connectivity index (χ3n) is 5.93. The van der Waals surface area contributed by atoms with Gasteiger partial charge in [0.2, 0.25) is 11.6 Å². The number of hydrogen-bond donors (Lipinski definition) is 0. The first-order valence-electron chi connectivity index (χ1n) is 10.6. The van der Waals surface area contributed by atoms with Gasteiger partial charge in [-0.05, 0) is 24.6 Å². The standard InChI is InChI=1S/C22H24N4O8S/c1-22(11-25-17(20(29)33-4)16(23-24-25)19(28)32-3)18(26-14(27)9-15(26)35-22)21(30)34-10-12-5-7-13(31-2)8-6-12/h5-8,15,18H,9-11H2,1-4H3/t15-,18-,22+/m1/s1. The van der Waals surface area contributed by atoms with Crippen molar-refractivity contribution in [2.45, 2.75) is 42.7 Å². The van der Waals surface area contributed by atoms with Crippen LogP contribution in [0.5, 0.6) is 5.75 Å². The number of aromatic nitrogens is 3. The van der Waals surface area contributed by atoms with Crippen LogP contribution in [0.3, 0.4) is 0 Å². The van der Waals surface area contributed by atoms with E-state index in [2.05, 4.69) is 15.0 Å². The summed E-state index contributed by atoms with van der Waals surface area (Å²) in [6, 6.07) is 6.13. The summed E-state index contributed by atoms with van der Waals surface area (Å²) in [4.78, 5) is 51.7. The third kappa shape index (κ3) is 4.43. The number of thioether (sulfide) groups is 1. The van der Waals surface area contributed by atoms with Crippen molar-refractivity contribution in [1.82, 2.24) is 19.9 Å². The molecule has 0 aliphatic carbocycles. The summed E-state index contributed by atoms with van der Waals surface area (Å²) in [6.45, 7) is 1.77. The molecule has 1 amide bonds. The predicted octanol–water partition coefficient (Wildman–Crippen LogP) is 1.04. The van der Waals surface area contributed by atoms with Crippen LogP contribution in [0.1, 0.15) is 39.9 Å². The molecular weight excluding hydrogens is 480 g/mol. The highest BCUT2D eigenvalue weighted by Crippen LogP contribution is 2.52. The van der Waals surface area contributed by atoms with Crippen molar-refractivity contribution >= 4 is 35.6 Å². The molecule has 35 heavy (non-hydrogen) atoms. The van der Waals surface area contributed by atoms with Gasteiger partial charge >= 0.3 is 17.9 Å². The number of β-lactam (4-membered cyclic amide) rings is 1. The third-order valence-corrected chi connectivity index (χ3v) is 7.49. The fourth-order valence-corrected chi connectivity index (χ4v) is 5.91. The normalized spacial score (nSPS) is 22.7. The Kier molecular flexibility index (Phi) is 6.70. The summed E-state index contributed by atoms with van der Waals surface area (Å²) in [5.74, 6) is -1.76. The fourth-order valence-electron chi connectivity index (χ4n) is 4.18. The Morgan fingerprint density at radius 2 is 1.80 bits per heavy atom. The topological polar surface area (TPSA) is 139 Å². The predicted molar refractivity (Wildman–Crippen MR) is 121 cm³/mol. The highest BCUT2D eigenvalue weighted by molar-refractivity contribution is 8.01. The van der Waals surface area contributed by atoms with Crippen LogP contribution in [0.25, 0.3) is 0 Å². The van der Waals surface area contributed by atoms with Gasteiger partial charge in [-0.25, -0.2) is 19.1 Å². The molecule has 12 nitrogen and oxygen atoms in total. The summed E-state index contributed by atoms with van der Waals surface area (Å²) < 4.78 is 20.5. The van der Waals surface area contributed by atoms with Crippen LogP contribution in [-0.4, -0.2) is 81.2 Å². The van der Waals surface area contributed by atoms with Crippen LogP contribution in [0, 0.1) is 0 Å². The Bertz CT molecular complexity index is 1170. The Morgan fingerprint density at radius 3 is 2.40 bits per heavy atom. The summed E-state index contributed by atoms with van der Waals surface area (Å²) >= 11 is 1.41. The van der Waals surface area contributed by atoms with Crippen LogP contribution in [0.4, 0.5) is 0 Å². The zero-order chi connectivity index (χ0) is 25.3. The van der Waals surface area contributed by atoms with E-state index in [1.807, 2.05) is 0 Å². The number of rotatable bonds is 8. The van der Waals surface area contributed by atoms with Crippen molar-refractivity contribution in [3.63, 3.8) is 0 Å². The number of fused-ring (bicyclic) bond motifs is 1. The molecule has 0 bridgehead atoms. The maximum Gasteiger partial charge on any atom is 0.361 e. The van der Waals surface area contributed by atoms with Crippen LogP contribution < -0.4 is 4.74 Å². The molecule has 0 saturated carbocycles. The minimum Gasteiger partial charge on any atom is -0.497 e. The molecule has 0 N–H and O–H groups in total. The first-order valence-corrected chi connectivity index (χ1v) is 11.5. The summed E-state index contributed by atoms with van der Waals surface area (Å²) in [5, 5.41) is 7.51. The van der Waals surface area contributed by atoms with Gasteiger partial charge in [0.1, 0.15) is 18.4 Å². The SMILES string of the molecule is COC(=O)c1nnn(C[C@]2(C)S[C@@H]3CC(=O)N3[C@@H]2C(=O)OCc2ccc(OC)cc2)c1C(=O)OC. The molecule has 2 aliphatic heterocycles. The number of methoxy groups -OCH3 is 3. The maximum atomic E-state index is 13.3. The fraction of sp³-hybridized carbons (Fsp3) is 0.455. The van der Waals surface area contributed by atoms with Gasteiger partial charge in [-0.1, -0.05) is 17.3 Å². The smallest absolute Gasteiger partial charge is 0.361 e. The largest absolute Gasteiger partial charge is 0.497 e. The van der Waals surface area contributed by atoms with Gasteiger partial charge in [0.25, 0.3) is 0 Å². The molecule has 4 rings (SSSR count). The quantitative estimate of drug-likeness (QED) is 0.289. The van der Waals surface area contributed by atoms with Crippen molar-refractivity contribution < 1.29 is 38.1 Å². The molecule has 2 saturated heterocycles. The highest BCUT2D eigenvalue weighted by atomic mass is 32.2. The molecule has 0 radical (unpaired) electrons. The van der Waals surface area contributed by atoms with E-state index in [1.54, 1.807) is 38.3 Å². The summed E-state index contributed by atoms with van der Waals surface area (Å²) in [6.07, 6.45) is 0.289. The number of ether oxygens (including phenoxy) is 4. The molecule has 3 atom stereocenters. The lowest BCUT2D eigenvalue weighted by Crippen LogP contribution is -2.58. The molecule has 2 aromatic rings. The van der Waals surface area contributed by atoms with Crippen LogP contribution in [0.2, 0.25) is 0 Å². The van der Waals surface area contributed by atoms with Gasteiger partial charge in [0.05, 0.1) is 44.4 Å². The molecule has 3 heterocycles. The molecule has 2 fully saturated rings. The minimum atomic E-state index is -0.937. The zero-order valence-electron chi connectivity index (χ0n) is 19.5. The maximum absolute atomic E-state index is 13.3. The van der Waals surface area contributed by atoms with E-state index < -0.39 is 28.7 Å². The first-order chi connectivity index (χ1) is 16.7. The summed E-state index contributed by atoms with van der Waals surface area (Å²) in [5.41, 5.74) is 0.251. The number of amides is 1. The number of nitrogens with zero attached hydrogens (tertiary/aromatic N) is 4. The van der Waals surface area contributed by atoms with Gasteiger partial charge in [-0.15, -0.1) is 16.9 Å². The molecule has 0 unspecified atom stereocenters. The second-order valence-corrected chi connectivity index (χ2v) is 9.89. The van der Waals surface area contributed by atoms with E-state index in [-0.39, 0.29) is 42.2 Å². The number of carbonyl (C=O) groups is 4. The average Bonchev–Trinajstić information content (AvgIpc) is 3.37. The average molecular weight is 505 g/mol. The molecule has 186 valence electrons. The lowest BCUT2D eigenvalue weighted by Gasteiger charge is -2.37. The van der Waals surface area contributed by atoms with Crippen molar-refractivity contribution in [3.05, 3.63) is 41.2 Å². The molecule has 1 aromatic heterocycles. The second kappa shape index (κ2) is 9.56. The van der Waals surface area contributed by atoms with E-state index in [9.17, 15) is 19.2 Å². The van der Waals surface area contributed by atoms with Crippen molar-refractivity contribution in [1.29, 1.82) is 0 Å². The van der Waals surface area contributed by atoms with Gasteiger partial charge in [-0.3, -0.25) is 4.79 Å². The van der Waals surface area contributed by atoms with Crippen molar-refractivity contribution in [2.75, 3.05) is 21.3 Å². The van der Waals surface area contributed by atoms with E-state index in [1.165, 1.54) is 21.3 Å². The van der Waals surface area contributed by atoms with Crippen molar-refractivity contribution in [2.24, 2.45) is 0 Å². The first kappa shape index (κ1) is 24.5. The van der Waals surface area contributed by atoms with Crippen LogP contribution in [0.15, 0.2) is 24.3 Å². The van der Waals surface area contributed by atoms with E-state index in [4.69, 9.17) is 14.2 Å². The van der Waals surface area contributed by atoms with Gasteiger partial charge in [0.15, 0.2) is 5.69 Å². The zero-order valence-corrected chi connectivity index (χ0v) is 20.4. The molecule has 13 heteroatoms. The Morgan fingerprint density at radius 1 is 1.11 bits per heavy atom. The molecule has 0 spiro atoms. The minimum absolute atomic E-state index is 0.00992. The molecule has 1 aromatic carbocycles. The lowest BCUT2D eigenvalue weighted by molar-refractivity contribution is -0.162. The second-order valence-electron chi connectivity index (χ2n) is 8.18. The van der Waals surface area contributed by atoms with Crippen molar-refractivity contribution in [3.8, 4) is 5.75 Å². The lowest BCUT2D eigenvalue weighted by atomic mass is 9.96. The number of hydrogen-bond acceptors (Lipinski definition) is 11. The molecule has 2 aliphatic rings. The van der Waals surface area contributed by atoms with Gasteiger partial charge in [-0.2, -0.15) is 0 Å². The number of carbonyl (C=O) groups excluding carboxylic acids is 4. The molecular formula is C22H24N4O8S. The Hall–Kier alpha value is -3.61. The highest BCUT2D eigenvalue weighted by Gasteiger charge is 2.61. The number of benzene rings is 1. The van der Waals surface area contributed by atoms with Gasteiger partial charge in [0, 0.05) is 0 Å².